The molecule has 0 aliphatic carbocycles. The molecule has 3 aliphatic rings. The number of anilines is 6. The van der Waals surface area contributed by atoms with Gasteiger partial charge in [-0.25, -0.2) is 4.98 Å². The van der Waals surface area contributed by atoms with Crippen LogP contribution in [0, 0.1) is 6.92 Å². The number of hydrogen-bond donors (Lipinski definition) is 4. The molecule has 8 rings (SSSR count). The van der Waals surface area contributed by atoms with E-state index in [1.54, 1.807) is 49.5 Å². The Bertz CT molecular complexity index is 2650. The third kappa shape index (κ3) is 9.36. The summed E-state index contributed by atoms with van der Waals surface area (Å²) in [4.78, 5) is 66.1. The monoisotopic (exact) mass is 887 g/mol. The zero-order chi connectivity index (χ0) is 45.1. The largest absolute Gasteiger partial charge is 0.494 e. The van der Waals surface area contributed by atoms with E-state index >= 15 is 0 Å². The fourth-order valence-electron chi connectivity index (χ4n) is 8.55. The molecule has 2 saturated heterocycles. The molecule has 64 heavy (non-hydrogen) atoms. The minimum Gasteiger partial charge on any atom is -0.494 e. The lowest BCUT2D eigenvalue weighted by molar-refractivity contribution is -0.136. The number of imide groups is 2. The Balaban J connectivity index is 0.874. The first kappa shape index (κ1) is 44.0. The van der Waals surface area contributed by atoms with Gasteiger partial charge in [0.25, 0.3) is 11.8 Å². The number of ether oxygens (including phenoxy) is 1. The summed E-state index contributed by atoms with van der Waals surface area (Å²) in [6.45, 7) is 10.5. The van der Waals surface area contributed by atoms with E-state index in [0.717, 1.165) is 90.3 Å². The Morgan fingerprint density at radius 2 is 1.66 bits per heavy atom. The van der Waals surface area contributed by atoms with Crippen LogP contribution < -0.4 is 36.2 Å². The quantitative estimate of drug-likeness (QED) is 0.0533. The van der Waals surface area contributed by atoms with Crippen molar-refractivity contribution in [2.45, 2.75) is 45.1 Å². The highest BCUT2D eigenvalue weighted by Crippen LogP contribution is 2.42. The second-order valence-electron chi connectivity index (χ2n) is 16.8. The summed E-state index contributed by atoms with van der Waals surface area (Å²) in [5.41, 5.74) is 6.40. The van der Waals surface area contributed by atoms with Crippen LogP contribution in [0.1, 0.15) is 58.4 Å². The van der Waals surface area contributed by atoms with Gasteiger partial charge in [-0.05, 0) is 76.4 Å². The second kappa shape index (κ2) is 18.6. The number of carbonyl (C=O) groups is 4. The maximum Gasteiger partial charge on any atom is 0.264 e. The number of para-hydroxylation sites is 1. The predicted molar refractivity (Wildman–Crippen MR) is 248 cm³/mol. The Labute approximate surface area is 372 Å². The highest BCUT2D eigenvalue weighted by molar-refractivity contribution is 7.70. The van der Waals surface area contributed by atoms with Crippen molar-refractivity contribution < 1.29 is 28.5 Å². The summed E-state index contributed by atoms with van der Waals surface area (Å²) >= 11 is 0. The summed E-state index contributed by atoms with van der Waals surface area (Å²) in [6.07, 6.45) is 8.67. The van der Waals surface area contributed by atoms with Crippen LogP contribution in [0.2, 0.25) is 0 Å². The van der Waals surface area contributed by atoms with E-state index in [9.17, 15) is 23.7 Å². The molecule has 3 aliphatic heterocycles. The van der Waals surface area contributed by atoms with Crippen LogP contribution in [0.3, 0.4) is 0 Å². The molecule has 334 valence electrons. The lowest BCUT2D eigenvalue weighted by Gasteiger charge is -2.37. The molecule has 4 amide bonds. The molecule has 1 atom stereocenters. The number of amides is 4. The second-order valence-corrected chi connectivity index (χ2v) is 20.0. The van der Waals surface area contributed by atoms with Crippen molar-refractivity contribution in [3.63, 3.8) is 0 Å². The van der Waals surface area contributed by atoms with Crippen molar-refractivity contribution in [2.24, 2.45) is 7.05 Å². The molecule has 2 aromatic heterocycles. The van der Waals surface area contributed by atoms with Gasteiger partial charge in [0, 0.05) is 98.0 Å². The molecule has 0 saturated carbocycles. The number of carbonyl (C=O) groups excluding carboxylic acids is 4. The molecule has 3 aromatic carbocycles. The number of aromatic nitrogens is 4. The lowest BCUT2D eigenvalue weighted by Crippen LogP contribution is -2.54. The number of methoxy groups -OCH3 is 1. The van der Waals surface area contributed by atoms with Gasteiger partial charge in [0.1, 0.15) is 24.8 Å². The molecule has 2 fully saturated rings. The highest BCUT2D eigenvalue weighted by atomic mass is 31.2. The van der Waals surface area contributed by atoms with Crippen molar-refractivity contribution in [1.29, 1.82) is 0 Å². The number of nitrogens with one attached hydrogen (secondary N) is 4. The summed E-state index contributed by atoms with van der Waals surface area (Å²) in [5, 5.41) is 17.6. The van der Waals surface area contributed by atoms with Crippen LogP contribution >= 0.6 is 7.14 Å². The fraction of sp³-hybridized carbons (Fsp3) is 0.370. The molecule has 0 spiro atoms. The van der Waals surface area contributed by atoms with Gasteiger partial charge in [0.15, 0.2) is 0 Å². The molecular formula is C46H54N11O6P. The normalized spacial score (nSPS) is 16.8. The summed E-state index contributed by atoms with van der Waals surface area (Å²) < 4.78 is 20.8. The summed E-state index contributed by atoms with van der Waals surface area (Å²) in [6, 6.07) is 15.8. The standard InChI is InChI=1S/C46H54N11O6P/c1-29-26-48-46(53-42(29)50-33-13-7-8-15-39(33)64(4,5)62)51-35-24-32(30-27-49-54(2)28-30)37(25-38(35)63-3)56-22-20-55(21-23-56)19-10-6-9-18-47-34-14-11-12-31-41(34)45(61)57(44(31)60)36-16-17-40(58)52-43(36)59/h7-8,11-15,24-28,36,47H,6,9-10,16-23H2,1-5H3,(H,52,58,59)(H2,48,50,51,53). The first-order valence-corrected chi connectivity index (χ1v) is 24.2. The van der Waals surface area contributed by atoms with Crippen LogP contribution in [0.5, 0.6) is 5.75 Å². The Morgan fingerprint density at radius 3 is 2.39 bits per heavy atom. The Hall–Kier alpha value is -6.58. The SMILES string of the molecule is COc1cc(N2CCN(CCCCCNc3cccc4c3C(=O)N(C3CCC(=O)NC3=O)C4=O)CC2)c(-c2cnn(C)c2)cc1Nc1ncc(C)c(Nc2ccccc2P(C)(C)=O)n1. The molecule has 0 bridgehead atoms. The number of fused-ring (bicyclic) bond motifs is 1. The third-order valence-corrected chi connectivity index (χ3v) is 13.5. The number of nitrogens with zero attached hydrogens (tertiary/aromatic N) is 7. The van der Waals surface area contributed by atoms with E-state index in [4.69, 9.17) is 9.72 Å². The van der Waals surface area contributed by atoms with Crippen molar-refractivity contribution in [1.82, 2.24) is 34.9 Å². The lowest BCUT2D eigenvalue weighted by atomic mass is 10.0. The molecular weight excluding hydrogens is 834 g/mol. The van der Waals surface area contributed by atoms with E-state index in [1.807, 2.05) is 50.6 Å². The number of hydrogen-bond acceptors (Lipinski definition) is 14. The fourth-order valence-corrected chi connectivity index (χ4v) is 9.71. The molecule has 5 aromatic rings. The molecule has 5 heterocycles. The number of unbranched alkanes of at least 4 members (excludes halogenated alkanes) is 2. The van der Waals surface area contributed by atoms with E-state index in [-0.39, 0.29) is 24.0 Å². The third-order valence-electron chi connectivity index (χ3n) is 11.9. The van der Waals surface area contributed by atoms with Gasteiger partial charge < -0.3 is 30.2 Å². The van der Waals surface area contributed by atoms with E-state index < -0.39 is 36.8 Å². The van der Waals surface area contributed by atoms with Crippen LogP contribution in [-0.4, -0.2) is 119 Å². The Kier molecular flexibility index (Phi) is 12.8. The minimum absolute atomic E-state index is 0.0777. The summed E-state index contributed by atoms with van der Waals surface area (Å²) in [7, 11) is 1.00. The van der Waals surface area contributed by atoms with Crippen molar-refractivity contribution in [2.75, 3.05) is 80.6 Å². The summed E-state index contributed by atoms with van der Waals surface area (Å²) in [5.74, 6) is -0.427. The van der Waals surface area contributed by atoms with E-state index in [1.165, 1.54) is 0 Å². The number of benzene rings is 3. The van der Waals surface area contributed by atoms with Crippen molar-refractivity contribution >= 4 is 70.6 Å². The van der Waals surface area contributed by atoms with Crippen LogP contribution in [0.25, 0.3) is 11.1 Å². The van der Waals surface area contributed by atoms with Crippen LogP contribution in [0.15, 0.2) is 73.2 Å². The maximum atomic E-state index is 13.4. The average Bonchev–Trinajstić information content (AvgIpc) is 3.82. The molecule has 1 unspecified atom stereocenters. The Morgan fingerprint density at radius 1 is 0.875 bits per heavy atom. The zero-order valence-corrected chi connectivity index (χ0v) is 37.7. The number of aryl methyl sites for hydroxylation is 2. The van der Waals surface area contributed by atoms with Crippen molar-refractivity contribution in [3.05, 3.63) is 89.9 Å². The molecule has 4 N–H and O–H groups in total. The first-order chi connectivity index (χ1) is 30.8. The molecule has 17 nitrogen and oxygen atoms in total. The topological polar surface area (TPSA) is 196 Å². The van der Waals surface area contributed by atoms with Gasteiger partial charge in [-0.1, -0.05) is 24.6 Å². The molecule has 0 radical (unpaired) electrons. The highest BCUT2D eigenvalue weighted by Gasteiger charge is 2.45. The van der Waals surface area contributed by atoms with Gasteiger partial charge in [-0.2, -0.15) is 10.1 Å². The number of piperazine rings is 1. The van der Waals surface area contributed by atoms with E-state index in [0.29, 0.717) is 35.4 Å². The van der Waals surface area contributed by atoms with Crippen LogP contribution in [0.4, 0.5) is 34.5 Å². The van der Waals surface area contributed by atoms with Gasteiger partial charge in [0.05, 0.1) is 35.8 Å². The van der Waals surface area contributed by atoms with Crippen molar-refractivity contribution in [3.8, 4) is 16.9 Å². The van der Waals surface area contributed by atoms with Gasteiger partial charge >= 0.3 is 0 Å². The van der Waals surface area contributed by atoms with Crippen LogP contribution in [-0.2, 0) is 21.2 Å². The smallest absolute Gasteiger partial charge is 0.264 e. The van der Waals surface area contributed by atoms with Gasteiger partial charge in [0.2, 0.25) is 17.8 Å². The zero-order valence-electron chi connectivity index (χ0n) is 36.8. The van der Waals surface area contributed by atoms with E-state index in [2.05, 4.69) is 53.3 Å². The maximum absolute atomic E-state index is 13.4. The van der Waals surface area contributed by atoms with Gasteiger partial charge in [-0.15, -0.1) is 0 Å². The average molecular weight is 888 g/mol. The number of piperidine rings is 1. The van der Waals surface area contributed by atoms with Gasteiger partial charge in [-0.3, -0.25) is 39.0 Å². The molecule has 18 heteroatoms. The minimum atomic E-state index is -2.55. The predicted octanol–water partition coefficient (Wildman–Crippen LogP) is 5.73. The number of rotatable bonds is 16. The first-order valence-electron chi connectivity index (χ1n) is 21.6.